The van der Waals surface area contributed by atoms with E-state index in [0.717, 1.165) is 25.3 Å². The molecule has 4 heteroatoms. The predicted octanol–water partition coefficient (Wildman–Crippen LogP) is 2.69. The van der Waals surface area contributed by atoms with Gasteiger partial charge in [0, 0.05) is 13.2 Å². The zero-order valence-electron chi connectivity index (χ0n) is 10.7. The van der Waals surface area contributed by atoms with Crippen LogP contribution in [0.3, 0.4) is 0 Å². The summed E-state index contributed by atoms with van der Waals surface area (Å²) in [6.07, 6.45) is 3.96. The fourth-order valence-electron chi connectivity index (χ4n) is 1.62. The summed E-state index contributed by atoms with van der Waals surface area (Å²) in [7, 11) is 1.73. The molecule has 2 unspecified atom stereocenters. The van der Waals surface area contributed by atoms with Gasteiger partial charge in [0.25, 0.3) is 0 Å². The van der Waals surface area contributed by atoms with Gasteiger partial charge in [0.15, 0.2) is 0 Å². The number of anilines is 1. The predicted molar refractivity (Wildman–Crippen MR) is 66.8 cm³/mol. The van der Waals surface area contributed by atoms with Crippen molar-refractivity contribution in [3.63, 3.8) is 0 Å². The lowest BCUT2D eigenvalue weighted by Gasteiger charge is -2.20. The highest BCUT2D eigenvalue weighted by molar-refractivity contribution is 5.35. The van der Waals surface area contributed by atoms with Crippen molar-refractivity contribution in [3.05, 3.63) is 12.3 Å². The molecular weight excluding hydrogens is 202 g/mol. The smallest absolute Gasteiger partial charge is 0.124 e. The lowest BCUT2D eigenvalue weighted by Crippen LogP contribution is -2.26. The summed E-state index contributed by atoms with van der Waals surface area (Å²) >= 11 is 0. The lowest BCUT2D eigenvalue weighted by molar-refractivity contribution is 0.184. The van der Waals surface area contributed by atoms with Crippen molar-refractivity contribution < 1.29 is 4.74 Å². The molecule has 1 rings (SSSR count). The molecule has 0 aliphatic rings. The first-order valence-corrected chi connectivity index (χ1v) is 6.01. The maximum absolute atomic E-state index is 5.18. The number of rotatable bonds is 7. The van der Waals surface area contributed by atoms with Crippen molar-refractivity contribution >= 4 is 5.82 Å². The Morgan fingerprint density at radius 3 is 2.75 bits per heavy atom. The summed E-state index contributed by atoms with van der Waals surface area (Å²) in [6.45, 7) is 7.22. The molecule has 4 nitrogen and oxygen atoms in total. The molecule has 0 aromatic carbocycles. The zero-order valence-corrected chi connectivity index (χ0v) is 10.7. The molecule has 0 spiro atoms. The summed E-state index contributed by atoms with van der Waals surface area (Å²) in [6, 6.07) is 2.80. The van der Waals surface area contributed by atoms with E-state index in [1.165, 1.54) is 0 Å². The van der Waals surface area contributed by atoms with E-state index in [9.17, 15) is 0 Å². The minimum atomic E-state index is 0.351. The average Bonchev–Trinajstić information content (AvgIpc) is 2.75. The van der Waals surface area contributed by atoms with Gasteiger partial charge in [0.05, 0.1) is 24.9 Å². The third kappa shape index (κ3) is 3.23. The first kappa shape index (κ1) is 13.0. The van der Waals surface area contributed by atoms with Crippen molar-refractivity contribution in [2.45, 2.75) is 45.7 Å². The zero-order chi connectivity index (χ0) is 12.0. The van der Waals surface area contributed by atoms with Gasteiger partial charge in [0.2, 0.25) is 0 Å². The summed E-state index contributed by atoms with van der Waals surface area (Å²) in [5, 5.41) is 7.82. The van der Waals surface area contributed by atoms with E-state index >= 15 is 0 Å². The number of nitrogens with one attached hydrogen (secondary N) is 1. The van der Waals surface area contributed by atoms with Crippen LogP contribution in [-0.2, 0) is 4.74 Å². The van der Waals surface area contributed by atoms with Gasteiger partial charge in [0.1, 0.15) is 5.82 Å². The van der Waals surface area contributed by atoms with Crippen LogP contribution in [0.5, 0.6) is 0 Å². The Kier molecular flexibility index (Phi) is 5.32. The van der Waals surface area contributed by atoms with Gasteiger partial charge in [-0.3, -0.25) is 0 Å². The second-order valence-electron chi connectivity index (χ2n) is 4.12. The molecule has 0 fully saturated rings. The van der Waals surface area contributed by atoms with Gasteiger partial charge < -0.3 is 10.1 Å². The van der Waals surface area contributed by atoms with E-state index in [-0.39, 0.29) is 0 Å². The number of nitrogens with zero attached hydrogens (tertiary/aromatic N) is 2. The Bertz CT molecular complexity index is 298. The van der Waals surface area contributed by atoms with Gasteiger partial charge in [-0.2, -0.15) is 5.10 Å². The second-order valence-corrected chi connectivity index (χ2v) is 4.12. The Hall–Kier alpha value is -1.03. The number of hydrogen-bond acceptors (Lipinski definition) is 3. The number of ether oxygens (including phenoxy) is 1. The summed E-state index contributed by atoms with van der Waals surface area (Å²) in [5.41, 5.74) is 0. The SMILES string of the molecule is CCC(COC)Nc1ccnn1C(C)CC. The molecule has 0 aliphatic heterocycles. The van der Waals surface area contributed by atoms with E-state index in [1.807, 2.05) is 16.9 Å². The lowest BCUT2D eigenvalue weighted by atomic mass is 10.2. The van der Waals surface area contributed by atoms with Crippen LogP contribution < -0.4 is 5.32 Å². The van der Waals surface area contributed by atoms with E-state index in [0.29, 0.717) is 12.1 Å². The topological polar surface area (TPSA) is 39.1 Å². The van der Waals surface area contributed by atoms with Gasteiger partial charge >= 0.3 is 0 Å². The Morgan fingerprint density at radius 2 is 2.19 bits per heavy atom. The molecule has 1 aromatic heterocycles. The van der Waals surface area contributed by atoms with Crippen LogP contribution in [0.1, 0.15) is 39.7 Å². The third-order valence-electron chi connectivity index (χ3n) is 2.89. The molecule has 0 aliphatic carbocycles. The van der Waals surface area contributed by atoms with E-state index in [2.05, 4.69) is 31.2 Å². The molecule has 1 heterocycles. The molecule has 92 valence electrons. The maximum Gasteiger partial charge on any atom is 0.124 e. The normalized spacial score (nSPS) is 14.8. The molecule has 0 radical (unpaired) electrons. The molecule has 0 saturated carbocycles. The largest absolute Gasteiger partial charge is 0.383 e. The fourth-order valence-corrected chi connectivity index (χ4v) is 1.62. The third-order valence-corrected chi connectivity index (χ3v) is 2.89. The van der Waals surface area contributed by atoms with Gasteiger partial charge in [-0.1, -0.05) is 13.8 Å². The number of aromatic nitrogens is 2. The van der Waals surface area contributed by atoms with Crippen LogP contribution in [0.25, 0.3) is 0 Å². The van der Waals surface area contributed by atoms with Crippen LogP contribution >= 0.6 is 0 Å². The maximum atomic E-state index is 5.18. The monoisotopic (exact) mass is 225 g/mol. The first-order chi connectivity index (χ1) is 7.72. The summed E-state index contributed by atoms with van der Waals surface area (Å²) in [5.74, 6) is 1.08. The molecule has 16 heavy (non-hydrogen) atoms. The van der Waals surface area contributed by atoms with Gasteiger partial charge in [-0.15, -0.1) is 0 Å². The van der Waals surface area contributed by atoms with Gasteiger partial charge in [-0.05, 0) is 19.8 Å². The molecular formula is C12H23N3O. The van der Waals surface area contributed by atoms with E-state index in [4.69, 9.17) is 4.74 Å². The molecule has 1 aromatic rings. The molecule has 2 atom stereocenters. The average molecular weight is 225 g/mol. The van der Waals surface area contributed by atoms with Crippen molar-refractivity contribution in [1.29, 1.82) is 0 Å². The first-order valence-electron chi connectivity index (χ1n) is 6.01. The molecule has 1 N–H and O–H groups in total. The minimum Gasteiger partial charge on any atom is -0.383 e. The minimum absolute atomic E-state index is 0.351. The summed E-state index contributed by atoms with van der Waals surface area (Å²) in [4.78, 5) is 0. The Labute approximate surface area is 98.0 Å². The van der Waals surface area contributed by atoms with Crippen LogP contribution in [-0.4, -0.2) is 29.5 Å². The standard InChI is InChI=1S/C12H23N3O/c1-5-10(3)15-12(7-8-13-15)14-11(6-2)9-16-4/h7-8,10-11,14H,5-6,9H2,1-4H3. The summed E-state index contributed by atoms with van der Waals surface area (Å²) < 4.78 is 7.22. The van der Waals surface area contributed by atoms with Crippen LogP contribution in [0.15, 0.2) is 12.3 Å². The van der Waals surface area contributed by atoms with Crippen LogP contribution in [0, 0.1) is 0 Å². The van der Waals surface area contributed by atoms with Crippen LogP contribution in [0.2, 0.25) is 0 Å². The fraction of sp³-hybridized carbons (Fsp3) is 0.750. The second kappa shape index (κ2) is 6.53. The van der Waals surface area contributed by atoms with Crippen molar-refractivity contribution in [3.8, 4) is 0 Å². The Balaban J connectivity index is 2.68. The van der Waals surface area contributed by atoms with Crippen molar-refractivity contribution in [2.75, 3.05) is 19.0 Å². The quantitative estimate of drug-likeness (QED) is 0.775. The molecule has 0 amide bonds. The number of methoxy groups -OCH3 is 1. The van der Waals surface area contributed by atoms with Gasteiger partial charge in [-0.25, -0.2) is 4.68 Å². The molecule has 0 bridgehead atoms. The van der Waals surface area contributed by atoms with Crippen molar-refractivity contribution in [1.82, 2.24) is 9.78 Å². The highest BCUT2D eigenvalue weighted by Crippen LogP contribution is 2.17. The van der Waals surface area contributed by atoms with Crippen LogP contribution in [0.4, 0.5) is 5.82 Å². The van der Waals surface area contributed by atoms with E-state index in [1.54, 1.807) is 7.11 Å². The highest BCUT2D eigenvalue weighted by Gasteiger charge is 2.11. The highest BCUT2D eigenvalue weighted by atomic mass is 16.5. The van der Waals surface area contributed by atoms with Crippen molar-refractivity contribution in [2.24, 2.45) is 0 Å². The molecule has 0 saturated heterocycles. The Morgan fingerprint density at radius 1 is 1.44 bits per heavy atom. The number of hydrogen-bond donors (Lipinski definition) is 1. The van der Waals surface area contributed by atoms with E-state index < -0.39 is 0 Å².